The molecule has 24 heavy (non-hydrogen) atoms. The lowest BCUT2D eigenvalue weighted by molar-refractivity contribution is -0.133. The summed E-state index contributed by atoms with van der Waals surface area (Å²) in [4.78, 5) is 24.1. The number of hydrogen-bond donors (Lipinski definition) is 2. The smallest absolute Gasteiger partial charge is 0.293 e. The van der Waals surface area contributed by atoms with Crippen molar-refractivity contribution in [2.45, 2.75) is 6.04 Å². The number of aliphatic hydroxyl groups is 1. The first-order valence-electron chi connectivity index (χ1n) is 7.19. The van der Waals surface area contributed by atoms with Crippen LogP contribution in [-0.4, -0.2) is 23.9 Å². The molecule has 1 heterocycles. The lowest BCUT2D eigenvalue weighted by atomic mass is 9.96. The third kappa shape index (κ3) is 2.92. The number of ketones is 1. The van der Waals surface area contributed by atoms with Crippen molar-refractivity contribution < 1.29 is 19.4 Å². The van der Waals surface area contributed by atoms with E-state index in [9.17, 15) is 14.7 Å². The van der Waals surface area contributed by atoms with Crippen molar-refractivity contribution >= 4 is 33.4 Å². The molecule has 1 saturated heterocycles. The van der Waals surface area contributed by atoms with Crippen LogP contribution in [0.25, 0.3) is 5.76 Å². The molecule has 0 radical (unpaired) electrons. The van der Waals surface area contributed by atoms with Crippen molar-refractivity contribution in [2.75, 3.05) is 7.11 Å². The summed E-state index contributed by atoms with van der Waals surface area (Å²) in [5.74, 6) is -0.991. The molecule has 1 fully saturated rings. The number of carbonyl (C=O) groups is 2. The zero-order chi connectivity index (χ0) is 17.3. The fourth-order valence-corrected chi connectivity index (χ4v) is 2.84. The molecule has 1 aliphatic heterocycles. The van der Waals surface area contributed by atoms with Gasteiger partial charge in [-0.2, -0.15) is 0 Å². The van der Waals surface area contributed by atoms with Crippen molar-refractivity contribution in [3.8, 4) is 5.75 Å². The van der Waals surface area contributed by atoms with Crippen molar-refractivity contribution in [1.82, 2.24) is 5.32 Å². The molecular formula is C18H14BrNO4. The van der Waals surface area contributed by atoms with Crippen LogP contribution >= 0.6 is 15.9 Å². The number of benzene rings is 2. The van der Waals surface area contributed by atoms with Crippen LogP contribution in [0.15, 0.2) is 58.6 Å². The molecule has 6 heteroatoms. The molecule has 2 aromatic rings. The maximum atomic E-state index is 12.2. The van der Waals surface area contributed by atoms with Crippen molar-refractivity contribution in [3.63, 3.8) is 0 Å². The average molecular weight is 388 g/mol. The van der Waals surface area contributed by atoms with Gasteiger partial charge in [0, 0.05) is 10.0 Å². The van der Waals surface area contributed by atoms with E-state index >= 15 is 0 Å². The first-order chi connectivity index (χ1) is 11.5. The van der Waals surface area contributed by atoms with E-state index in [2.05, 4.69) is 21.2 Å². The first-order valence-corrected chi connectivity index (χ1v) is 7.98. The van der Waals surface area contributed by atoms with Crippen LogP contribution in [0, 0.1) is 0 Å². The second-order valence-corrected chi connectivity index (χ2v) is 6.19. The molecule has 1 unspecified atom stereocenters. The summed E-state index contributed by atoms with van der Waals surface area (Å²) < 4.78 is 5.96. The molecular weight excluding hydrogens is 374 g/mol. The maximum absolute atomic E-state index is 12.2. The van der Waals surface area contributed by atoms with Crippen molar-refractivity contribution in [2.24, 2.45) is 0 Å². The predicted molar refractivity (Wildman–Crippen MR) is 92.6 cm³/mol. The van der Waals surface area contributed by atoms with Crippen LogP contribution in [0.4, 0.5) is 0 Å². The molecule has 2 aromatic carbocycles. The Morgan fingerprint density at radius 2 is 1.71 bits per heavy atom. The topological polar surface area (TPSA) is 75.6 Å². The van der Waals surface area contributed by atoms with Gasteiger partial charge in [-0.3, -0.25) is 9.59 Å². The van der Waals surface area contributed by atoms with E-state index in [0.29, 0.717) is 16.9 Å². The van der Waals surface area contributed by atoms with Crippen LogP contribution in [0.5, 0.6) is 5.75 Å². The molecule has 0 spiro atoms. The Morgan fingerprint density at radius 1 is 1.08 bits per heavy atom. The van der Waals surface area contributed by atoms with Gasteiger partial charge in [0.15, 0.2) is 0 Å². The van der Waals surface area contributed by atoms with Gasteiger partial charge in [-0.25, -0.2) is 0 Å². The minimum Gasteiger partial charge on any atom is -0.507 e. The van der Waals surface area contributed by atoms with E-state index in [4.69, 9.17) is 4.74 Å². The molecule has 122 valence electrons. The third-order valence-corrected chi connectivity index (χ3v) is 4.37. The zero-order valence-corrected chi connectivity index (χ0v) is 14.3. The highest BCUT2D eigenvalue weighted by Gasteiger charge is 2.39. The Balaban J connectivity index is 2.07. The minimum absolute atomic E-state index is 0.0486. The Kier molecular flexibility index (Phi) is 4.40. The Labute approximate surface area is 147 Å². The summed E-state index contributed by atoms with van der Waals surface area (Å²) in [6, 6.07) is 13.1. The van der Waals surface area contributed by atoms with Gasteiger partial charge in [0.2, 0.25) is 0 Å². The number of amides is 1. The largest absolute Gasteiger partial charge is 0.507 e. The van der Waals surface area contributed by atoms with E-state index < -0.39 is 17.7 Å². The molecule has 1 aliphatic rings. The molecule has 0 aromatic heterocycles. The van der Waals surface area contributed by atoms with E-state index in [1.165, 1.54) is 0 Å². The zero-order valence-electron chi connectivity index (χ0n) is 12.7. The molecule has 1 atom stereocenters. The Morgan fingerprint density at radius 3 is 2.29 bits per heavy atom. The molecule has 0 bridgehead atoms. The van der Waals surface area contributed by atoms with Crippen LogP contribution in [0.2, 0.25) is 0 Å². The number of aliphatic hydroxyl groups excluding tert-OH is 1. The monoisotopic (exact) mass is 387 g/mol. The standard InChI is InChI=1S/C18H14BrNO4/c1-24-13-8-4-10(5-9-13)15-14(17(22)18(23)20-15)16(21)11-2-6-12(19)7-3-11/h2-9,15,21H,1H3,(H,20,23). The van der Waals surface area contributed by atoms with Crippen LogP contribution in [0.3, 0.4) is 0 Å². The van der Waals surface area contributed by atoms with Gasteiger partial charge in [-0.15, -0.1) is 0 Å². The Bertz CT molecular complexity index is 825. The summed E-state index contributed by atoms with van der Waals surface area (Å²) >= 11 is 3.32. The summed E-state index contributed by atoms with van der Waals surface area (Å²) in [5, 5.41) is 13.2. The normalized spacial score (nSPS) is 19.2. The first kappa shape index (κ1) is 16.3. The van der Waals surface area contributed by atoms with E-state index in [1.807, 2.05) is 0 Å². The van der Waals surface area contributed by atoms with Crippen LogP contribution in [0.1, 0.15) is 17.2 Å². The highest BCUT2D eigenvalue weighted by Crippen LogP contribution is 2.33. The maximum Gasteiger partial charge on any atom is 0.293 e. The summed E-state index contributed by atoms with van der Waals surface area (Å²) in [7, 11) is 1.56. The van der Waals surface area contributed by atoms with Gasteiger partial charge in [-0.1, -0.05) is 40.2 Å². The molecule has 3 rings (SSSR count). The highest BCUT2D eigenvalue weighted by molar-refractivity contribution is 9.10. The van der Waals surface area contributed by atoms with Gasteiger partial charge < -0.3 is 15.2 Å². The van der Waals surface area contributed by atoms with Gasteiger partial charge in [0.1, 0.15) is 11.5 Å². The molecule has 2 N–H and O–H groups in total. The second kappa shape index (κ2) is 6.49. The van der Waals surface area contributed by atoms with Crippen molar-refractivity contribution in [3.05, 3.63) is 69.7 Å². The van der Waals surface area contributed by atoms with Gasteiger partial charge in [-0.05, 0) is 29.8 Å². The quantitative estimate of drug-likeness (QED) is 0.481. The fourth-order valence-electron chi connectivity index (χ4n) is 2.58. The minimum atomic E-state index is -0.727. The van der Waals surface area contributed by atoms with Gasteiger partial charge >= 0.3 is 0 Å². The van der Waals surface area contributed by atoms with Crippen LogP contribution < -0.4 is 10.1 Å². The summed E-state index contributed by atoms with van der Waals surface area (Å²) in [6.45, 7) is 0. The van der Waals surface area contributed by atoms with Crippen LogP contribution in [-0.2, 0) is 9.59 Å². The van der Waals surface area contributed by atoms with E-state index in [-0.39, 0.29) is 11.3 Å². The number of halogens is 1. The number of Topliss-reactive ketones (excluding diaryl/α,β-unsaturated/α-hetero) is 1. The third-order valence-electron chi connectivity index (χ3n) is 3.84. The SMILES string of the molecule is COc1ccc(C2NC(=O)C(=O)C2=C(O)c2ccc(Br)cc2)cc1. The molecule has 5 nitrogen and oxygen atoms in total. The van der Waals surface area contributed by atoms with Crippen molar-refractivity contribution in [1.29, 1.82) is 0 Å². The number of carbonyl (C=O) groups excluding carboxylic acids is 2. The predicted octanol–water partition coefficient (Wildman–Crippen LogP) is 3.17. The average Bonchev–Trinajstić information content (AvgIpc) is 2.90. The second-order valence-electron chi connectivity index (χ2n) is 5.28. The fraction of sp³-hybridized carbons (Fsp3) is 0.111. The number of nitrogens with one attached hydrogen (secondary N) is 1. The summed E-state index contributed by atoms with van der Waals surface area (Å²) in [5.41, 5.74) is 1.21. The number of ether oxygens (including phenoxy) is 1. The number of hydrogen-bond acceptors (Lipinski definition) is 4. The number of methoxy groups -OCH3 is 1. The highest BCUT2D eigenvalue weighted by atomic mass is 79.9. The Hall–Kier alpha value is -2.60. The molecule has 0 saturated carbocycles. The van der Waals surface area contributed by atoms with E-state index in [0.717, 1.165) is 4.47 Å². The lowest BCUT2D eigenvalue weighted by Gasteiger charge is -2.14. The van der Waals surface area contributed by atoms with Gasteiger partial charge in [0.05, 0.1) is 18.7 Å². The molecule has 1 amide bonds. The summed E-state index contributed by atoms with van der Waals surface area (Å²) in [6.07, 6.45) is 0. The van der Waals surface area contributed by atoms with Gasteiger partial charge in [0.25, 0.3) is 11.7 Å². The molecule has 0 aliphatic carbocycles. The van der Waals surface area contributed by atoms with E-state index in [1.54, 1.807) is 55.6 Å². The lowest BCUT2D eigenvalue weighted by Crippen LogP contribution is -2.21. The number of rotatable bonds is 3.